The van der Waals surface area contributed by atoms with Crippen molar-refractivity contribution in [3.05, 3.63) is 24.4 Å². The third-order valence-electron chi connectivity index (χ3n) is 6.06. The molecular weight excluding hydrogens is 392 g/mol. The molecule has 0 spiro atoms. The van der Waals surface area contributed by atoms with Gasteiger partial charge in [0.15, 0.2) is 11.5 Å². The van der Waals surface area contributed by atoms with E-state index in [9.17, 15) is 8.78 Å². The second-order valence-corrected chi connectivity index (χ2v) is 8.11. The molecule has 154 valence electrons. The summed E-state index contributed by atoms with van der Waals surface area (Å²) >= 11 is 0. The van der Waals surface area contributed by atoms with Crippen molar-refractivity contribution >= 4 is 28.4 Å². The summed E-state index contributed by atoms with van der Waals surface area (Å²) in [6.45, 7) is -0.563. The Hall–Kier alpha value is -3.37. The van der Waals surface area contributed by atoms with Crippen molar-refractivity contribution in [2.45, 2.75) is 38.3 Å². The van der Waals surface area contributed by atoms with Gasteiger partial charge in [-0.3, -0.25) is 0 Å². The van der Waals surface area contributed by atoms with E-state index < -0.39 is 13.0 Å². The molecule has 2 aliphatic rings. The van der Waals surface area contributed by atoms with Gasteiger partial charge in [0.1, 0.15) is 17.6 Å². The Labute approximate surface area is 169 Å². The summed E-state index contributed by atoms with van der Waals surface area (Å²) in [5.74, 6) is 2.55. The van der Waals surface area contributed by atoms with Crippen molar-refractivity contribution in [2.24, 2.45) is 11.8 Å². The molecule has 2 unspecified atom stereocenters. The van der Waals surface area contributed by atoms with Crippen molar-refractivity contribution in [3.8, 4) is 11.3 Å². The molecule has 0 aromatic carbocycles. The van der Waals surface area contributed by atoms with Crippen molar-refractivity contribution in [2.75, 3.05) is 11.1 Å². The standard InChI is InChI=1S/C19H19F2N9/c20-15(21)8-30-18-14(26-28-30)2-1-13(24-18)12-3-4-29-16(12)17(22)25-19(27-29)23-11-6-9-5-10(9)7-11/h1-4,9-11,15H,5-8H2,(H3,22,23,25,27). The molecule has 0 bridgehead atoms. The zero-order valence-corrected chi connectivity index (χ0v) is 15.9. The maximum absolute atomic E-state index is 12.8. The Bertz CT molecular complexity index is 1250. The highest BCUT2D eigenvalue weighted by atomic mass is 19.3. The van der Waals surface area contributed by atoms with Gasteiger partial charge < -0.3 is 11.1 Å². The van der Waals surface area contributed by atoms with E-state index in [2.05, 4.69) is 30.7 Å². The van der Waals surface area contributed by atoms with Crippen LogP contribution in [0.4, 0.5) is 20.5 Å². The van der Waals surface area contributed by atoms with Crippen LogP contribution in [-0.2, 0) is 6.54 Å². The van der Waals surface area contributed by atoms with Crippen molar-refractivity contribution in [3.63, 3.8) is 0 Å². The molecule has 6 rings (SSSR count). The van der Waals surface area contributed by atoms with E-state index in [4.69, 9.17) is 5.73 Å². The Morgan fingerprint density at radius 1 is 1.13 bits per heavy atom. The SMILES string of the molecule is Nc1nc(NC2CC3CC3C2)nn2ccc(-c3ccc4nnn(CC(F)F)c4n3)c12. The van der Waals surface area contributed by atoms with Crippen LogP contribution in [0.2, 0.25) is 0 Å². The topological polar surface area (TPSA) is 112 Å². The minimum atomic E-state index is -2.55. The third-order valence-corrected chi connectivity index (χ3v) is 6.06. The molecule has 4 heterocycles. The highest BCUT2D eigenvalue weighted by Gasteiger charge is 2.46. The van der Waals surface area contributed by atoms with Gasteiger partial charge in [-0.05, 0) is 49.3 Å². The number of aromatic nitrogens is 7. The number of pyridine rings is 1. The first-order chi connectivity index (χ1) is 14.5. The number of nitrogens with one attached hydrogen (secondary N) is 1. The summed E-state index contributed by atoms with van der Waals surface area (Å²) in [5, 5.41) is 15.6. The van der Waals surface area contributed by atoms with Crippen LogP contribution in [-0.4, -0.2) is 47.0 Å². The van der Waals surface area contributed by atoms with E-state index in [-0.39, 0.29) is 0 Å². The predicted molar refractivity (Wildman–Crippen MR) is 106 cm³/mol. The first-order valence-electron chi connectivity index (χ1n) is 9.95. The van der Waals surface area contributed by atoms with Crippen LogP contribution in [0.15, 0.2) is 24.4 Å². The number of anilines is 2. The van der Waals surface area contributed by atoms with E-state index in [1.165, 1.54) is 6.42 Å². The normalized spacial score (nSPS) is 22.8. The van der Waals surface area contributed by atoms with Gasteiger partial charge in [0.2, 0.25) is 5.95 Å². The fourth-order valence-electron chi connectivity index (χ4n) is 4.59. The fourth-order valence-corrected chi connectivity index (χ4v) is 4.59. The minimum absolute atomic E-state index is 0.296. The molecule has 9 nitrogen and oxygen atoms in total. The van der Waals surface area contributed by atoms with Crippen LogP contribution in [0.1, 0.15) is 19.3 Å². The smallest absolute Gasteiger partial charge is 0.258 e. The lowest BCUT2D eigenvalue weighted by Crippen LogP contribution is -2.20. The lowest BCUT2D eigenvalue weighted by Gasteiger charge is -2.14. The highest BCUT2D eigenvalue weighted by Crippen LogP contribution is 2.52. The van der Waals surface area contributed by atoms with E-state index in [0.717, 1.165) is 29.4 Å². The Morgan fingerprint density at radius 3 is 2.77 bits per heavy atom. The van der Waals surface area contributed by atoms with Gasteiger partial charge in [0.25, 0.3) is 6.43 Å². The lowest BCUT2D eigenvalue weighted by atomic mass is 10.1. The van der Waals surface area contributed by atoms with Gasteiger partial charge in [-0.15, -0.1) is 10.2 Å². The van der Waals surface area contributed by atoms with Gasteiger partial charge in [-0.1, -0.05) is 5.21 Å². The molecule has 0 radical (unpaired) electrons. The lowest BCUT2D eigenvalue weighted by molar-refractivity contribution is 0.122. The van der Waals surface area contributed by atoms with Crippen LogP contribution < -0.4 is 11.1 Å². The Morgan fingerprint density at radius 2 is 1.97 bits per heavy atom. The Balaban J connectivity index is 1.36. The number of nitrogens with zero attached hydrogens (tertiary/aromatic N) is 7. The van der Waals surface area contributed by atoms with E-state index >= 15 is 0 Å². The molecule has 30 heavy (non-hydrogen) atoms. The van der Waals surface area contributed by atoms with Crippen LogP contribution >= 0.6 is 0 Å². The van der Waals surface area contributed by atoms with Crippen molar-refractivity contribution < 1.29 is 8.78 Å². The molecule has 0 amide bonds. The molecule has 3 N–H and O–H groups in total. The molecule has 11 heteroatoms. The van der Waals surface area contributed by atoms with E-state index in [0.29, 0.717) is 45.7 Å². The average molecular weight is 411 g/mol. The van der Waals surface area contributed by atoms with Gasteiger partial charge in [0, 0.05) is 17.8 Å². The van der Waals surface area contributed by atoms with Crippen LogP contribution in [0.5, 0.6) is 0 Å². The molecule has 0 aliphatic heterocycles. The second-order valence-electron chi connectivity index (χ2n) is 8.11. The average Bonchev–Trinajstić information content (AvgIpc) is 3.07. The summed E-state index contributed by atoms with van der Waals surface area (Å²) in [4.78, 5) is 8.96. The summed E-state index contributed by atoms with van der Waals surface area (Å²) in [6.07, 6.45) is 2.92. The first kappa shape index (κ1) is 17.5. The largest absolute Gasteiger partial charge is 0.382 e. The summed E-state index contributed by atoms with van der Waals surface area (Å²) in [7, 11) is 0. The summed E-state index contributed by atoms with van der Waals surface area (Å²) in [5.41, 5.74) is 8.92. The van der Waals surface area contributed by atoms with Crippen LogP contribution in [0.3, 0.4) is 0 Å². The number of fused-ring (bicyclic) bond motifs is 3. The van der Waals surface area contributed by atoms with Crippen LogP contribution in [0, 0.1) is 11.8 Å². The molecule has 4 aromatic heterocycles. The predicted octanol–water partition coefficient (Wildman–Crippen LogP) is 2.59. The third kappa shape index (κ3) is 2.84. The number of rotatable bonds is 5. The van der Waals surface area contributed by atoms with Crippen molar-refractivity contribution in [1.29, 1.82) is 0 Å². The minimum Gasteiger partial charge on any atom is -0.382 e. The van der Waals surface area contributed by atoms with Crippen molar-refractivity contribution in [1.82, 2.24) is 34.6 Å². The summed E-state index contributed by atoms with van der Waals surface area (Å²) in [6, 6.07) is 5.70. The zero-order chi connectivity index (χ0) is 20.4. The molecule has 0 saturated heterocycles. The maximum Gasteiger partial charge on any atom is 0.258 e. The number of hydrogen-bond acceptors (Lipinski definition) is 7. The van der Waals surface area contributed by atoms with Gasteiger partial charge in [0.05, 0.1) is 5.69 Å². The number of nitrogens with two attached hydrogens (primary N) is 1. The quantitative estimate of drug-likeness (QED) is 0.519. The van der Waals surface area contributed by atoms with E-state index in [1.54, 1.807) is 22.8 Å². The number of alkyl halides is 2. The number of halogens is 2. The fraction of sp³-hybridized carbons (Fsp3) is 0.421. The highest BCUT2D eigenvalue weighted by molar-refractivity contribution is 5.88. The molecule has 2 atom stereocenters. The maximum atomic E-state index is 12.8. The molecule has 2 fully saturated rings. The Kier molecular flexibility index (Phi) is 3.68. The second kappa shape index (κ2) is 6.31. The monoisotopic (exact) mass is 411 g/mol. The van der Waals surface area contributed by atoms with Gasteiger partial charge in [-0.25, -0.2) is 23.0 Å². The molecule has 2 saturated carbocycles. The van der Waals surface area contributed by atoms with Gasteiger partial charge in [-0.2, -0.15) is 4.98 Å². The molecule has 2 aliphatic carbocycles. The first-order valence-corrected chi connectivity index (χ1v) is 9.95. The molecular formula is C19H19F2N9. The van der Waals surface area contributed by atoms with Crippen LogP contribution in [0.25, 0.3) is 27.9 Å². The molecule has 4 aromatic rings. The van der Waals surface area contributed by atoms with E-state index in [1.807, 2.05) is 6.07 Å². The van der Waals surface area contributed by atoms with Gasteiger partial charge >= 0.3 is 0 Å². The zero-order valence-electron chi connectivity index (χ0n) is 15.9. The number of nitrogen functional groups attached to an aromatic ring is 1. The summed E-state index contributed by atoms with van der Waals surface area (Å²) < 4.78 is 28.4. The number of hydrogen-bond donors (Lipinski definition) is 2.